The number of aliphatic hydroxyl groups excluding tert-OH is 2. The number of nitrogen functional groups attached to an aromatic ring is 1. The Bertz CT molecular complexity index is 779. The van der Waals surface area contributed by atoms with E-state index < -0.39 is 6.10 Å². The highest BCUT2D eigenvalue weighted by Gasteiger charge is 2.22. The molecule has 0 aliphatic carbocycles. The number of rotatable bonds is 9. The lowest BCUT2D eigenvalue weighted by Crippen LogP contribution is -2.13. The molecule has 1 unspecified atom stereocenters. The lowest BCUT2D eigenvalue weighted by Gasteiger charge is -2.20. The number of anilines is 1. The quantitative estimate of drug-likeness (QED) is 0.567. The number of nitrogens with two attached hydrogens (primary N) is 1. The minimum Gasteiger partial charge on any atom is -0.493 e. The van der Waals surface area contributed by atoms with Crippen LogP contribution in [0.15, 0.2) is 24.3 Å². The fourth-order valence-corrected chi connectivity index (χ4v) is 2.72. The van der Waals surface area contributed by atoms with Gasteiger partial charge in [0.2, 0.25) is 5.75 Å². The summed E-state index contributed by atoms with van der Waals surface area (Å²) in [4.78, 5) is 0. The second kappa shape index (κ2) is 9.20. The maximum Gasteiger partial charge on any atom is 0.203 e. The van der Waals surface area contributed by atoms with Crippen molar-refractivity contribution in [3.8, 4) is 28.7 Å². The van der Waals surface area contributed by atoms with Crippen molar-refractivity contribution in [1.29, 1.82) is 0 Å². The van der Waals surface area contributed by atoms with Crippen LogP contribution < -0.4 is 29.4 Å². The maximum absolute atomic E-state index is 10.6. The highest BCUT2D eigenvalue weighted by atomic mass is 16.5. The summed E-state index contributed by atoms with van der Waals surface area (Å²) in [6.45, 7) is -0.281. The highest BCUT2D eigenvalue weighted by molar-refractivity contribution is 5.62. The zero-order valence-corrected chi connectivity index (χ0v) is 15.8. The standard InChI is InChI=1S/C19H25NO7/c1-23-15-6-5-12(17(25-3)19(15)26-4)14(22)10-27-18-13(20)7-11(9-21)8-16(18)24-2/h5-8,14,21-22H,9-10,20H2,1-4H3. The molecule has 0 aliphatic heterocycles. The first kappa shape index (κ1) is 20.5. The third-order valence-electron chi connectivity index (χ3n) is 4.03. The van der Waals surface area contributed by atoms with Gasteiger partial charge in [0.1, 0.15) is 12.7 Å². The molecule has 0 saturated carbocycles. The van der Waals surface area contributed by atoms with Crippen LogP contribution in [0, 0.1) is 0 Å². The number of hydrogen-bond donors (Lipinski definition) is 3. The smallest absolute Gasteiger partial charge is 0.203 e. The van der Waals surface area contributed by atoms with Crippen LogP contribution in [0.25, 0.3) is 0 Å². The maximum atomic E-state index is 10.6. The molecular formula is C19H25NO7. The SMILES string of the molecule is COc1cc(CO)cc(N)c1OCC(O)c1ccc(OC)c(OC)c1OC. The average Bonchev–Trinajstić information content (AvgIpc) is 2.70. The number of aliphatic hydroxyl groups is 2. The Morgan fingerprint density at radius 2 is 1.56 bits per heavy atom. The molecule has 8 nitrogen and oxygen atoms in total. The molecule has 2 rings (SSSR count). The summed E-state index contributed by atoms with van der Waals surface area (Å²) in [5.41, 5.74) is 7.34. The van der Waals surface area contributed by atoms with Gasteiger partial charge in [-0.15, -0.1) is 0 Å². The predicted molar refractivity (Wildman–Crippen MR) is 99.9 cm³/mol. The predicted octanol–water partition coefficient (Wildman–Crippen LogP) is 1.91. The van der Waals surface area contributed by atoms with Gasteiger partial charge in [0.05, 0.1) is 40.7 Å². The Kier molecular flexibility index (Phi) is 6.98. The molecule has 0 amide bonds. The molecule has 0 saturated heterocycles. The monoisotopic (exact) mass is 379 g/mol. The Balaban J connectivity index is 2.28. The summed E-state index contributed by atoms with van der Waals surface area (Å²) in [6, 6.07) is 6.55. The van der Waals surface area contributed by atoms with Crippen molar-refractivity contribution in [2.24, 2.45) is 0 Å². The third kappa shape index (κ3) is 4.29. The van der Waals surface area contributed by atoms with Gasteiger partial charge in [-0.2, -0.15) is 0 Å². The number of hydrogen-bond acceptors (Lipinski definition) is 8. The molecule has 0 bridgehead atoms. The Morgan fingerprint density at radius 1 is 0.889 bits per heavy atom. The lowest BCUT2D eigenvalue weighted by molar-refractivity contribution is 0.104. The molecule has 4 N–H and O–H groups in total. The molecule has 0 heterocycles. The fourth-order valence-electron chi connectivity index (χ4n) is 2.72. The van der Waals surface area contributed by atoms with E-state index in [1.54, 1.807) is 24.3 Å². The van der Waals surface area contributed by atoms with E-state index >= 15 is 0 Å². The van der Waals surface area contributed by atoms with Gasteiger partial charge in [-0.25, -0.2) is 0 Å². The van der Waals surface area contributed by atoms with E-state index in [1.165, 1.54) is 28.4 Å². The first-order valence-electron chi connectivity index (χ1n) is 8.17. The topological polar surface area (TPSA) is 113 Å². The van der Waals surface area contributed by atoms with Crippen LogP contribution in [-0.2, 0) is 6.61 Å². The lowest BCUT2D eigenvalue weighted by atomic mass is 10.1. The van der Waals surface area contributed by atoms with Crippen molar-refractivity contribution in [3.63, 3.8) is 0 Å². The molecule has 8 heteroatoms. The van der Waals surface area contributed by atoms with Gasteiger partial charge in [0, 0.05) is 5.56 Å². The molecule has 2 aromatic carbocycles. The van der Waals surface area contributed by atoms with Crippen LogP contribution in [0.2, 0.25) is 0 Å². The van der Waals surface area contributed by atoms with Gasteiger partial charge in [0.25, 0.3) is 0 Å². The number of methoxy groups -OCH3 is 4. The van der Waals surface area contributed by atoms with E-state index in [9.17, 15) is 10.2 Å². The van der Waals surface area contributed by atoms with Gasteiger partial charge in [-0.1, -0.05) is 0 Å². The van der Waals surface area contributed by atoms with Crippen molar-refractivity contribution < 1.29 is 33.9 Å². The van der Waals surface area contributed by atoms with Crippen LogP contribution in [0.3, 0.4) is 0 Å². The molecule has 27 heavy (non-hydrogen) atoms. The van der Waals surface area contributed by atoms with Gasteiger partial charge < -0.3 is 39.6 Å². The van der Waals surface area contributed by atoms with E-state index in [4.69, 9.17) is 29.4 Å². The minimum atomic E-state index is -1.03. The summed E-state index contributed by atoms with van der Waals surface area (Å²) < 4.78 is 26.9. The largest absolute Gasteiger partial charge is 0.493 e. The van der Waals surface area contributed by atoms with E-state index in [-0.39, 0.29) is 19.0 Å². The highest BCUT2D eigenvalue weighted by Crippen LogP contribution is 2.42. The van der Waals surface area contributed by atoms with Gasteiger partial charge in [-0.05, 0) is 29.8 Å². The van der Waals surface area contributed by atoms with Crippen LogP contribution in [0.4, 0.5) is 5.69 Å². The van der Waals surface area contributed by atoms with Gasteiger partial charge in [-0.3, -0.25) is 0 Å². The molecule has 148 valence electrons. The van der Waals surface area contributed by atoms with Crippen molar-refractivity contribution >= 4 is 5.69 Å². The second-order valence-electron chi connectivity index (χ2n) is 5.62. The molecule has 0 aliphatic rings. The third-order valence-corrected chi connectivity index (χ3v) is 4.03. The van der Waals surface area contributed by atoms with E-state index in [2.05, 4.69) is 0 Å². The molecular weight excluding hydrogens is 354 g/mol. The first-order chi connectivity index (χ1) is 13.0. The Hall–Kier alpha value is -2.84. The summed E-state index contributed by atoms with van der Waals surface area (Å²) in [5, 5.41) is 19.9. The minimum absolute atomic E-state index is 0.106. The Morgan fingerprint density at radius 3 is 2.11 bits per heavy atom. The van der Waals surface area contributed by atoms with Crippen LogP contribution in [0.1, 0.15) is 17.2 Å². The van der Waals surface area contributed by atoms with Gasteiger partial charge in [0.15, 0.2) is 23.0 Å². The van der Waals surface area contributed by atoms with E-state index in [1.807, 2.05) is 0 Å². The number of benzene rings is 2. The van der Waals surface area contributed by atoms with E-state index in [0.717, 1.165) is 0 Å². The van der Waals surface area contributed by atoms with Gasteiger partial charge >= 0.3 is 0 Å². The summed E-state index contributed by atoms with van der Waals surface area (Å²) in [7, 11) is 5.95. The molecule has 2 aromatic rings. The summed E-state index contributed by atoms with van der Waals surface area (Å²) in [6.07, 6.45) is -1.03. The van der Waals surface area contributed by atoms with Crippen molar-refractivity contribution in [3.05, 3.63) is 35.4 Å². The van der Waals surface area contributed by atoms with Crippen molar-refractivity contribution in [2.75, 3.05) is 40.8 Å². The molecule has 0 fully saturated rings. The molecule has 0 radical (unpaired) electrons. The van der Waals surface area contributed by atoms with Crippen LogP contribution in [0.5, 0.6) is 28.7 Å². The normalized spacial score (nSPS) is 11.6. The van der Waals surface area contributed by atoms with E-state index in [0.29, 0.717) is 39.8 Å². The average molecular weight is 379 g/mol. The zero-order valence-electron chi connectivity index (χ0n) is 15.8. The van der Waals surface area contributed by atoms with Crippen molar-refractivity contribution in [2.45, 2.75) is 12.7 Å². The van der Waals surface area contributed by atoms with Crippen LogP contribution in [-0.4, -0.2) is 45.3 Å². The second-order valence-corrected chi connectivity index (χ2v) is 5.62. The first-order valence-corrected chi connectivity index (χ1v) is 8.17. The van der Waals surface area contributed by atoms with Crippen molar-refractivity contribution in [1.82, 2.24) is 0 Å². The van der Waals surface area contributed by atoms with Crippen LogP contribution >= 0.6 is 0 Å². The fraction of sp³-hybridized carbons (Fsp3) is 0.368. The summed E-state index contributed by atoms with van der Waals surface area (Å²) in [5.74, 6) is 1.86. The number of ether oxygens (including phenoxy) is 5. The molecule has 0 aromatic heterocycles. The summed E-state index contributed by atoms with van der Waals surface area (Å²) >= 11 is 0. The zero-order chi connectivity index (χ0) is 20.0. The molecule has 0 spiro atoms. The Labute approximate surface area is 158 Å². The molecule has 1 atom stereocenters.